The number of likely N-dealkylation sites (tertiary alicyclic amines) is 1. The zero-order chi connectivity index (χ0) is 21.9. The number of fused-ring (bicyclic) bond motifs is 3. The summed E-state index contributed by atoms with van der Waals surface area (Å²) in [5.41, 5.74) is 2.51. The Morgan fingerprint density at radius 1 is 1.03 bits per heavy atom. The van der Waals surface area contributed by atoms with E-state index in [1.165, 1.54) is 12.8 Å². The van der Waals surface area contributed by atoms with Gasteiger partial charge < -0.3 is 10.1 Å². The van der Waals surface area contributed by atoms with Crippen molar-refractivity contribution < 1.29 is 9.53 Å². The third-order valence-corrected chi connectivity index (χ3v) is 6.37. The molecule has 3 aromatic carbocycles. The van der Waals surface area contributed by atoms with Crippen molar-refractivity contribution in [2.75, 3.05) is 26.7 Å². The van der Waals surface area contributed by atoms with Crippen LogP contribution in [0.2, 0.25) is 0 Å². The van der Waals surface area contributed by atoms with Crippen LogP contribution in [0.25, 0.3) is 21.7 Å². The largest absolute Gasteiger partial charge is 0.497 e. The van der Waals surface area contributed by atoms with Crippen molar-refractivity contribution in [2.45, 2.75) is 18.9 Å². The predicted octanol–water partition coefficient (Wildman–Crippen LogP) is 4.96. The number of carbonyl (C=O) groups is 1. The number of aromatic nitrogens is 1. The van der Waals surface area contributed by atoms with Gasteiger partial charge in [0.25, 0.3) is 5.91 Å². The molecule has 1 amide bonds. The summed E-state index contributed by atoms with van der Waals surface area (Å²) < 4.78 is 5.44. The minimum Gasteiger partial charge on any atom is -0.497 e. The number of pyridine rings is 1. The summed E-state index contributed by atoms with van der Waals surface area (Å²) in [7, 11) is 1.68. The highest BCUT2D eigenvalue weighted by Crippen LogP contribution is 2.29. The van der Waals surface area contributed by atoms with E-state index in [0.29, 0.717) is 12.1 Å². The van der Waals surface area contributed by atoms with Crippen LogP contribution >= 0.6 is 0 Å². The van der Waals surface area contributed by atoms with Crippen molar-refractivity contribution >= 4 is 27.6 Å². The predicted molar refractivity (Wildman–Crippen MR) is 128 cm³/mol. The first kappa shape index (κ1) is 20.5. The van der Waals surface area contributed by atoms with Crippen LogP contribution in [0.5, 0.6) is 5.75 Å². The summed E-state index contributed by atoms with van der Waals surface area (Å²) in [5, 5.41) is 6.36. The molecule has 2 heterocycles. The first-order valence-corrected chi connectivity index (χ1v) is 11.2. The van der Waals surface area contributed by atoms with E-state index in [0.717, 1.165) is 46.1 Å². The van der Waals surface area contributed by atoms with E-state index in [9.17, 15) is 4.79 Å². The second-order valence-electron chi connectivity index (χ2n) is 8.29. The van der Waals surface area contributed by atoms with E-state index in [1.54, 1.807) is 13.3 Å². The average Bonchev–Trinajstić information content (AvgIpc) is 3.38. The fourth-order valence-electron chi connectivity index (χ4n) is 4.75. The zero-order valence-corrected chi connectivity index (χ0v) is 18.3. The molecule has 5 nitrogen and oxygen atoms in total. The molecule has 0 aliphatic carbocycles. The lowest BCUT2D eigenvalue weighted by Gasteiger charge is -2.28. The highest BCUT2D eigenvalue weighted by molar-refractivity contribution is 6.15. The van der Waals surface area contributed by atoms with Crippen LogP contribution in [0.4, 0.5) is 0 Å². The lowest BCUT2D eigenvalue weighted by Crippen LogP contribution is -2.37. The molecule has 0 saturated carbocycles. The van der Waals surface area contributed by atoms with E-state index >= 15 is 0 Å². The zero-order valence-electron chi connectivity index (χ0n) is 18.3. The number of nitrogens with zero attached hydrogens (tertiary/aromatic N) is 2. The van der Waals surface area contributed by atoms with Gasteiger partial charge in [0.15, 0.2) is 0 Å². The molecule has 0 bridgehead atoms. The van der Waals surface area contributed by atoms with Crippen LogP contribution in [-0.4, -0.2) is 42.5 Å². The van der Waals surface area contributed by atoms with Gasteiger partial charge in [-0.1, -0.05) is 42.5 Å². The maximum atomic E-state index is 13.4. The lowest BCUT2D eigenvalue weighted by atomic mass is 10.00. The van der Waals surface area contributed by atoms with Gasteiger partial charge in [0.2, 0.25) is 0 Å². The average molecular weight is 426 g/mol. The summed E-state index contributed by atoms with van der Waals surface area (Å²) >= 11 is 0. The Morgan fingerprint density at radius 2 is 1.84 bits per heavy atom. The van der Waals surface area contributed by atoms with Crippen molar-refractivity contribution in [2.24, 2.45) is 0 Å². The fraction of sp³-hybridized carbons (Fsp3) is 0.259. The Labute approximate surface area is 188 Å². The molecule has 1 aliphatic rings. The fourth-order valence-corrected chi connectivity index (χ4v) is 4.75. The molecular formula is C27H27N3O2. The van der Waals surface area contributed by atoms with Gasteiger partial charge in [0, 0.05) is 18.1 Å². The number of methoxy groups -OCH3 is 1. The van der Waals surface area contributed by atoms with Gasteiger partial charge in [0.05, 0.1) is 24.2 Å². The molecule has 32 heavy (non-hydrogen) atoms. The Kier molecular flexibility index (Phi) is 5.73. The van der Waals surface area contributed by atoms with Gasteiger partial charge in [0.1, 0.15) is 5.75 Å². The van der Waals surface area contributed by atoms with Gasteiger partial charge in [-0.3, -0.25) is 14.7 Å². The topological polar surface area (TPSA) is 54.5 Å². The third kappa shape index (κ3) is 3.92. The third-order valence-electron chi connectivity index (χ3n) is 6.37. The second kappa shape index (κ2) is 8.97. The number of nitrogens with one attached hydrogen (secondary N) is 1. The Bertz CT molecular complexity index is 1260. The van der Waals surface area contributed by atoms with Crippen LogP contribution in [0.15, 0.2) is 72.9 Å². The molecule has 1 aliphatic heterocycles. The van der Waals surface area contributed by atoms with E-state index in [4.69, 9.17) is 4.74 Å². The van der Waals surface area contributed by atoms with E-state index < -0.39 is 0 Å². The quantitative estimate of drug-likeness (QED) is 0.444. The summed E-state index contributed by atoms with van der Waals surface area (Å²) in [6, 6.07) is 22.3. The van der Waals surface area contributed by atoms with Crippen molar-refractivity contribution in [1.82, 2.24) is 15.2 Å². The molecule has 162 valence electrons. The molecule has 1 N–H and O–H groups in total. The molecule has 5 rings (SSSR count). The minimum absolute atomic E-state index is 0.0912. The first-order valence-electron chi connectivity index (χ1n) is 11.2. The number of rotatable bonds is 6. The van der Waals surface area contributed by atoms with Crippen LogP contribution < -0.4 is 10.1 Å². The van der Waals surface area contributed by atoms with Crippen molar-refractivity contribution in [3.05, 3.63) is 84.1 Å². The summed E-state index contributed by atoms with van der Waals surface area (Å²) in [6.45, 7) is 2.61. The van der Waals surface area contributed by atoms with Gasteiger partial charge in [-0.05, 0) is 66.5 Å². The number of amides is 1. The monoisotopic (exact) mass is 425 g/mol. The molecule has 1 atom stereocenters. The summed E-state index contributed by atoms with van der Waals surface area (Å²) in [6.07, 6.45) is 4.12. The smallest absolute Gasteiger partial charge is 0.253 e. The number of carbonyl (C=O) groups excluding carboxylic acids is 1. The number of hydrogen-bond acceptors (Lipinski definition) is 4. The molecule has 0 spiro atoms. The van der Waals surface area contributed by atoms with Gasteiger partial charge >= 0.3 is 0 Å². The molecule has 1 aromatic heterocycles. The van der Waals surface area contributed by atoms with E-state index in [2.05, 4.69) is 33.4 Å². The highest BCUT2D eigenvalue weighted by Gasteiger charge is 2.25. The van der Waals surface area contributed by atoms with Gasteiger partial charge in [-0.25, -0.2) is 0 Å². The Hall–Kier alpha value is -3.44. The highest BCUT2D eigenvalue weighted by atomic mass is 16.5. The number of ether oxygens (including phenoxy) is 1. The standard InChI is InChI=1S/C27H27N3O2/c1-32-21-10-6-9-20(16-21)25(30-14-4-5-15-30)18-29-27(31)24-17-19-8-2-3-11-22(19)23-12-7-13-28-26(23)24/h2-3,6-13,16-17,25H,4-5,14-15,18H2,1H3,(H,29,31). The van der Waals surface area contributed by atoms with Crippen LogP contribution in [0, 0.1) is 0 Å². The summed E-state index contributed by atoms with van der Waals surface area (Å²) in [4.78, 5) is 20.4. The molecule has 1 saturated heterocycles. The summed E-state index contributed by atoms with van der Waals surface area (Å²) in [5.74, 6) is 0.745. The Balaban J connectivity index is 1.46. The number of benzene rings is 3. The molecule has 5 heteroatoms. The molecule has 4 aromatic rings. The SMILES string of the molecule is COc1cccc(C(CNC(=O)c2cc3ccccc3c3cccnc23)N2CCCC2)c1. The number of hydrogen-bond donors (Lipinski definition) is 1. The normalized spacial score (nSPS) is 15.2. The van der Waals surface area contributed by atoms with Crippen molar-refractivity contribution in [3.8, 4) is 5.75 Å². The molecule has 0 radical (unpaired) electrons. The van der Waals surface area contributed by atoms with Gasteiger partial charge in [-0.15, -0.1) is 0 Å². The van der Waals surface area contributed by atoms with Crippen molar-refractivity contribution in [3.63, 3.8) is 0 Å². The van der Waals surface area contributed by atoms with Gasteiger partial charge in [-0.2, -0.15) is 0 Å². The van der Waals surface area contributed by atoms with E-state index in [1.807, 2.05) is 48.5 Å². The molecule has 1 unspecified atom stereocenters. The van der Waals surface area contributed by atoms with E-state index in [-0.39, 0.29) is 11.9 Å². The molecular weight excluding hydrogens is 398 g/mol. The minimum atomic E-state index is -0.0912. The van der Waals surface area contributed by atoms with Crippen LogP contribution in [0.1, 0.15) is 34.8 Å². The van der Waals surface area contributed by atoms with Crippen LogP contribution in [-0.2, 0) is 0 Å². The Morgan fingerprint density at radius 3 is 2.69 bits per heavy atom. The second-order valence-corrected chi connectivity index (χ2v) is 8.29. The maximum absolute atomic E-state index is 13.4. The maximum Gasteiger partial charge on any atom is 0.253 e. The first-order chi connectivity index (χ1) is 15.7. The molecule has 1 fully saturated rings. The lowest BCUT2D eigenvalue weighted by molar-refractivity contribution is 0.0939. The van der Waals surface area contributed by atoms with Crippen molar-refractivity contribution in [1.29, 1.82) is 0 Å². The van der Waals surface area contributed by atoms with Crippen LogP contribution in [0.3, 0.4) is 0 Å².